The highest BCUT2D eigenvalue weighted by atomic mass is 35.5. The van der Waals surface area contributed by atoms with Crippen molar-refractivity contribution >= 4 is 23.2 Å². The number of nitrogens with two attached hydrogens (primary N) is 2. The minimum absolute atomic E-state index is 0.0405. The Morgan fingerprint density at radius 2 is 2.00 bits per heavy atom. The topological polar surface area (TPSA) is 64.9 Å². The van der Waals surface area contributed by atoms with Crippen molar-refractivity contribution in [3.05, 3.63) is 17.2 Å². The summed E-state index contributed by atoms with van der Waals surface area (Å²) >= 11 is 5.46. The van der Waals surface area contributed by atoms with Gasteiger partial charge in [-0.05, 0) is 6.07 Å². The van der Waals surface area contributed by atoms with Crippen LogP contribution in [0.5, 0.6) is 0 Å². The zero-order valence-corrected chi connectivity index (χ0v) is 7.35. The van der Waals surface area contributed by atoms with Crippen LogP contribution in [0.2, 0.25) is 0 Å². The summed E-state index contributed by atoms with van der Waals surface area (Å²) in [6.45, 7) is 0. The Morgan fingerprint density at radius 3 is 2.46 bits per heavy atom. The average molecular weight is 208 g/mol. The normalized spacial score (nSPS) is 10.8. The number of pyridine rings is 1. The molecule has 3 nitrogen and oxygen atoms in total. The van der Waals surface area contributed by atoms with Crippen LogP contribution in [0.3, 0.4) is 0 Å². The molecule has 4 N–H and O–H groups in total. The third kappa shape index (κ3) is 1.98. The Morgan fingerprint density at radius 1 is 1.38 bits per heavy atom. The van der Waals surface area contributed by atoms with Crippen molar-refractivity contribution in [2.24, 2.45) is 0 Å². The Labute approximate surface area is 78.7 Å². The van der Waals surface area contributed by atoms with E-state index in [0.29, 0.717) is 5.56 Å². The lowest BCUT2D eigenvalue weighted by atomic mass is 10.2. The molecule has 0 fully saturated rings. The van der Waals surface area contributed by atoms with Crippen molar-refractivity contribution in [1.29, 1.82) is 0 Å². The van der Waals surface area contributed by atoms with Gasteiger partial charge in [0, 0.05) is 5.56 Å². The van der Waals surface area contributed by atoms with E-state index in [4.69, 9.17) is 23.1 Å². The number of nitrogen functional groups attached to an aromatic ring is 2. The standard InChI is InChI=1S/C7H8ClF2N3/c8-2-3-1-4(5(9)10)7(12)13-6(3)11/h1,5H,2H2,(H4,11,12,13). The Hall–Kier alpha value is -1.10. The lowest BCUT2D eigenvalue weighted by molar-refractivity contribution is 0.152. The highest BCUT2D eigenvalue weighted by Gasteiger charge is 2.14. The molecule has 0 aromatic carbocycles. The molecule has 0 aliphatic carbocycles. The number of anilines is 2. The minimum Gasteiger partial charge on any atom is -0.383 e. The lowest BCUT2D eigenvalue weighted by Gasteiger charge is -2.07. The number of nitrogens with zero attached hydrogens (tertiary/aromatic N) is 1. The SMILES string of the molecule is Nc1nc(N)c(C(F)F)cc1CCl. The molecule has 13 heavy (non-hydrogen) atoms. The third-order valence-electron chi connectivity index (χ3n) is 1.57. The van der Waals surface area contributed by atoms with E-state index in [-0.39, 0.29) is 23.1 Å². The van der Waals surface area contributed by atoms with E-state index in [2.05, 4.69) is 4.98 Å². The molecule has 0 bridgehead atoms. The van der Waals surface area contributed by atoms with Gasteiger partial charge in [-0.2, -0.15) is 0 Å². The first-order valence-electron chi connectivity index (χ1n) is 3.45. The maximum Gasteiger partial charge on any atom is 0.267 e. The summed E-state index contributed by atoms with van der Waals surface area (Å²) in [6, 6.07) is 1.18. The molecule has 0 radical (unpaired) electrons. The number of rotatable bonds is 2. The number of aromatic nitrogens is 1. The zero-order chi connectivity index (χ0) is 10.0. The van der Waals surface area contributed by atoms with E-state index in [9.17, 15) is 8.78 Å². The minimum atomic E-state index is -2.66. The number of alkyl halides is 3. The average Bonchev–Trinajstić information content (AvgIpc) is 2.03. The summed E-state index contributed by atoms with van der Waals surface area (Å²) in [5, 5.41) is 0. The second kappa shape index (κ2) is 3.74. The summed E-state index contributed by atoms with van der Waals surface area (Å²) in [6.07, 6.45) is -2.66. The summed E-state index contributed by atoms with van der Waals surface area (Å²) < 4.78 is 24.5. The van der Waals surface area contributed by atoms with Crippen LogP contribution in [-0.4, -0.2) is 4.98 Å². The van der Waals surface area contributed by atoms with E-state index in [1.54, 1.807) is 0 Å². The van der Waals surface area contributed by atoms with Crippen LogP contribution < -0.4 is 11.5 Å². The van der Waals surface area contributed by atoms with Gasteiger partial charge in [0.1, 0.15) is 11.6 Å². The molecule has 1 aromatic heterocycles. The van der Waals surface area contributed by atoms with Gasteiger partial charge in [-0.25, -0.2) is 13.8 Å². The summed E-state index contributed by atoms with van der Waals surface area (Å²) in [5.41, 5.74) is 10.7. The maximum atomic E-state index is 12.3. The number of hydrogen-bond acceptors (Lipinski definition) is 3. The van der Waals surface area contributed by atoms with Crippen molar-refractivity contribution in [3.8, 4) is 0 Å². The van der Waals surface area contributed by atoms with Crippen LogP contribution in [0.15, 0.2) is 6.07 Å². The van der Waals surface area contributed by atoms with E-state index < -0.39 is 6.43 Å². The fourth-order valence-electron chi connectivity index (χ4n) is 0.884. The molecule has 1 aromatic rings. The van der Waals surface area contributed by atoms with Crippen molar-refractivity contribution in [3.63, 3.8) is 0 Å². The molecule has 0 aliphatic heterocycles. The van der Waals surface area contributed by atoms with Crippen LogP contribution in [0.25, 0.3) is 0 Å². The van der Waals surface area contributed by atoms with Crippen molar-refractivity contribution in [2.75, 3.05) is 11.5 Å². The first-order chi connectivity index (χ1) is 6.06. The fraction of sp³-hybridized carbons (Fsp3) is 0.286. The van der Waals surface area contributed by atoms with E-state index in [0.717, 1.165) is 0 Å². The quantitative estimate of drug-likeness (QED) is 0.729. The van der Waals surface area contributed by atoms with Gasteiger partial charge < -0.3 is 11.5 Å². The first kappa shape index (κ1) is 9.98. The van der Waals surface area contributed by atoms with Gasteiger partial charge in [0.05, 0.1) is 11.4 Å². The van der Waals surface area contributed by atoms with Gasteiger partial charge >= 0.3 is 0 Å². The van der Waals surface area contributed by atoms with Crippen molar-refractivity contribution < 1.29 is 8.78 Å². The predicted octanol–water partition coefficient (Wildman–Crippen LogP) is 1.92. The Bertz CT molecular complexity index is 317. The van der Waals surface area contributed by atoms with Crippen LogP contribution in [0, 0.1) is 0 Å². The van der Waals surface area contributed by atoms with Gasteiger partial charge in [-0.15, -0.1) is 11.6 Å². The van der Waals surface area contributed by atoms with Crippen LogP contribution in [0.4, 0.5) is 20.4 Å². The molecule has 1 rings (SSSR count). The molecule has 0 saturated carbocycles. The molecule has 0 amide bonds. The van der Waals surface area contributed by atoms with Gasteiger partial charge in [0.2, 0.25) is 0 Å². The van der Waals surface area contributed by atoms with E-state index >= 15 is 0 Å². The molecule has 0 unspecified atom stereocenters. The molecule has 1 heterocycles. The third-order valence-corrected chi connectivity index (χ3v) is 1.86. The van der Waals surface area contributed by atoms with Crippen molar-refractivity contribution in [2.45, 2.75) is 12.3 Å². The first-order valence-corrected chi connectivity index (χ1v) is 3.98. The van der Waals surface area contributed by atoms with Crippen LogP contribution in [-0.2, 0) is 5.88 Å². The second-order valence-corrected chi connectivity index (χ2v) is 2.71. The van der Waals surface area contributed by atoms with Gasteiger partial charge in [0.15, 0.2) is 0 Å². The largest absolute Gasteiger partial charge is 0.383 e. The van der Waals surface area contributed by atoms with Gasteiger partial charge in [0.25, 0.3) is 6.43 Å². The number of halogens is 3. The highest BCUT2D eigenvalue weighted by molar-refractivity contribution is 6.17. The van der Waals surface area contributed by atoms with E-state index in [1.165, 1.54) is 6.07 Å². The summed E-state index contributed by atoms with van der Waals surface area (Å²) in [4.78, 5) is 3.56. The molecular formula is C7H8ClF2N3. The van der Waals surface area contributed by atoms with Gasteiger partial charge in [-0.3, -0.25) is 0 Å². The molecule has 0 saturated heterocycles. The summed E-state index contributed by atoms with van der Waals surface area (Å²) in [7, 11) is 0. The van der Waals surface area contributed by atoms with Crippen LogP contribution >= 0.6 is 11.6 Å². The highest BCUT2D eigenvalue weighted by Crippen LogP contribution is 2.27. The molecular weight excluding hydrogens is 200 g/mol. The Kier molecular flexibility index (Phi) is 2.87. The predicted molar refractivity (Wildman–Crippen MR) is 47.6 cm³/mol. The number of hydrogen-bond donors (Lipinski definition) is 2. The molecule has 0 spiro atoms. The molecule has 0 atom stereocenters. The lowest BCUT2D eigenvalue weighted by Crippen LogP contribution is -2.04. The van der Waals surface area contributed by atoms with E-state index in [1.807, 2.05) is 0 Å². The Balaban J connectivity index is 3.22. The second-order valence-electron chi connectivity index (χ2n) is 2.44. The van der Waals surface area contributed by atoms with Gasteiger partial charge in [-0.1, -0.05) is 0 Å². The smallest absolute Gasteiger partial charge is 0.267 e. The van der Waals surface area contributed by atoms with Crippen LogP contribution in [0.1, 0.15) is 17.6 Å². The van der Waals surface area contributed by atoms with Crippen molar-refractivity contribution in [1.82, 2.24) is 4.98 Å². The molecule has 6 heteroatoms. The summed E-state index contributed by atoms with van der Waals surface area (Å²) in [5.74, 6) is -0.114. The monoisotopic (exact) mass is 207 g/mol. The molecule has 72 valence electrons. The maximum absolute atomic E-state index is 12.3. The molecule has 0 aliphatic rings. The zero-order valence-electron chi connectivity index (χ0n) is 6.60. The fourth-order valence-corrected chi connectivity index (χ4v) is 1.10.